The van der Waals surface area contributed by atoms with Gasteiger partial charge in [-0.25, -0.2) is 0 Å². The summed E-state index contributed by atoms with van der Waals surface area (Å²) in [4.78, 5) is 0. The first-order chi connectivity index (χ1) is 8.31. The van der Waals surface area contributed by atoms with Gasteiger partial charge in [0.05, 0.1) is 0 Å². The molecule has 0 aliphatic heterocycles. The highest BCUT2D eigenvalue weighted by molar-refractivity contribution is 5.50. The molecule has 0 heterocycles. The molecule has 2 heteroatoms. The van der Waals surface area contributed by atoms with Crippen molar-refractivity contribution in [3.05, 3.63) is 59.7 Å². The summed E-state index contributed by atoms with van der Waals surface area (Å²) < 4.78 is 5.83. The number of aryl methyl sites for hydroxylation is 1. The van der Waals surface area contributed by atoms with Crippen molar-refractivity contribution in [2.75, 3.05) is 12.4 Å². The van der Waals surface area contributed by atoms with Gasteiger partial charge in [0.1, 0.15) is 12.4 Å². The zero-order valence-corrected chi connectivity index (χ0v) is 10.2. The number of hydrogen-bond donors (Lipinski definition) is 1. The van der Waals surface area contributed by atoms with Crippen molar-refractivity contribution in [3.8, 4) is 5.75 Å². The maximum atomic E-state index is 5.83. The van der Waals surface area contributed by atoms with Crippen LogP contribution in [0.1, 0.15) is 11.1 Å². The molecule has 2 nitrogen and oxygen atoms in total. The first kappa shape index (κ1) is 11.5. The van der Waals surface area contributed by atoms with Gasteiger partial charge in [-0.2, -0.15) is 0 Å². The summed E-state index contributed by atoms with van der Waals surface area (Å²) in [6, 6.07) is 16.2. The van der Waals surface area contributed by atoms with E-state index in [-0.39, 0.29) is 0 Å². The molecule has 88 valence electrons. The average molecular weight is 227 g/mol. The molecule has 0 saturated carbocycles. The number of para-hydroxylation sites is 2. The Hall–Kier alpha value is -1.96. The average Bonchev–Trinajstić information content (AvgIpc) is 2.38. The molecule has 0 fully saturated rings. The number of rotatable bonds is 4. The number of hydrogen-bond acceptors (Lipinski definition) is 2. The molecule has 0 aliphatic carbocycles. The molecular formula is C15H17NO. The molecular weight excluding hydrogens is 210 g/mol. The van der Waals surface area contributed by atoms with Gasteiger partial charge in [0.25, 0.3) is 0 Å². The van der Waals surface area contributed by atoms with Crippen LogP contribution in [0.3, 0.4) is 0 Å². The number of nitrogens with one attached hydrogen (secondary N) is 1. The van der Waals surface area contributed by atoms with E-state index < -0.39 is 0 Å². The topological polar surface area (TPSA) is 21.3 Å². The molecule has 2 aromatic carbocycles. The lowest BCUT2D eigenvalue weighted by molar-refractivity contribution is 0.304. The second-order valence-electron chi connectivity index (χ2n) is 3.96. The molecule has 0 radical (unpaired) electrons. The minimum atomic E-state index is 0.585. The lowest BCUT2D eigenvalue weighted by Crippen LogP contribution is -2.01. The lowest BCUT2D eigenvalue weighted by atomic mass is 10.2. The highest BCUT2D eigenvalue weighted by Crippen LogP contribution is 2.20. The minimum Gasteiger partial charge on any atom is -0.489 e. The van der Waals surface area contributed by atoms with Crippen LogP contribution in [0, 0.1) is 6.92 Å². The van der Waals surface area contributed by atoms with Crippen molar-refractivity contribution in [2.45, 2.75) is 13.5 Å². The third-order valence-corrected chi connectivity index (χ3v) is 2.76. The van der Waals surface area contributed by atoms with Crippen LogP contribution in [0.4, 0.5) is 5.69 Å². The van der Waals surface area contributed by atoms with Crippen LogP contribution in [0.5, 0.6) is 5.75 Å². The molecule has 0 unspecified atom stereocenters. The summed E-state index contributed by atoms with van der Waals surface area (Å²) in [5, 5.41) is 3.17. The van der Waals surface area contributed by atoms with Gasteiger partial charge >= 0.3 is 0 Å². The van der Waals surface area contributed by atoms with Crippen LogP contribution in [-0.4, -0.2) is 7.05 Å². The smallest absolute Gasteiger partial charge is 0.122 e. The fraction of sp³-hybridized carbons (Fsp3) is 0.200. The molecule has 0 atom stereocenters. The van der Waals surface area contributed by atoms with E-state index in [1.807, 2.05) is 37.4 Å². The quantitative estimate of drug-likeness (QED) is 0.861. The van der Waals surface area contributed by atoms with E-state index in [0.29, 0.717) is 6.61 Å². The summed E-state index contributed by atoms with van der Waals surface area (Å²) in [5.74, 6) is 0.943. The molecule has 0 spiro atoms. The first-order valence-electron chi connectivity index (χ1n) is 5.75. The van der Waals surface area contributed by atoms with Gasteiger partial charge in [-0.3, -0.25) is 0 Å². The Morgan fingerprint density at radius 2 is 1.71 bits per heavy atom. The van der Waals surface area contributed by atoms with Crippen molar-refractivity contribution in [1.29, 1.82) is 0 Å². The summed E-state index contributed by atoms with van der Waals surface area (Å²) in [6.45, 7) is 2.64. The highest BCUT2D eigenvalue weighted by Gasteiger charge is 2.02. The number of benzene rings is 2. The Morgan fingerprint density at radius 1 is 1.00 bits per heavy atom. The van der Waals surface area contributed by atoms with Gasteiger partial charge in [0, 0.05) is 18.3 Å². The molecule has 0 bridgehead atoms. The van der Waals surface area contributed by atoms with Gasteiger partial charge in [-0.15, -0.1) is 0 Å². The van der Waals surface area contributed by atoms with Gasteiger partial charge in [0.2, 0.25) is 0 Å². The molecule has 2 rings (SSSR count). The summed E-state index contributed by atoms with van der Waals surface area (Å²) in [7, 11) is 1.92. The van der Waals surface area contributed by atoms with E-state index >= 15 is 0 Å². The van der Waals surface area contributed by atoms with Crippen LogP contribution in [-0.2, 0) is 6.61 Å². The van der Waals surface area contributed by atoms with Crippen molar-refractivity contribution in [1.82, 2.24) is 0 Å². The van der Waals surface area contributed by atoms with Crippen molar-refractivity contribution < 1.29 is 4.74 Å². The monoisotopic (exact) mass is 227 g/mol. The summed E-state index contributed by atoms with van der Waals surface area (Å²) in [6.07, 6.45) is 0. The SMILES string of the molecule is CNc1ccccc1COc1ccccc1C. The Labute approximate surface area is 102 Å². The predicted octanol–water partition coefficient (Wildman–Crippen LogP) is 3.62. The van der Waals surface area contributed by atoms with Crippen LogP contribution in [0.2, 0.25) is 0 Å². The van der Waals surface area contributed by atoms with E-state index in [1.54, 1.807) is 0 Å². The van der Waals surface area contributed by atoms with Crippen LogP contribution in [0.15, 0.2) is 48.5 Å². The normalized spacial score (nSPS) is 10.0. The molecule has 2 aromatic rings. The Morgan fingerprint density at radius 3 is 2.47 bits per heavy atom. The molecule has 17 heavy (non-hydrogen) atoms. The van der Waals surface area contributed by atoms with Gasteiger partial charge in [-0.1, -0.05) is 36.4 Å². The van der Waals surface area contributed by atoms with E-state index in [0.717, 1.165) is 17.0 Å². The second kappa shape index (κ2) is 5.39. The predicted molar refractivity (Wildman–Crippen MR) is 71.5 cm³/mol. The Balaban J connectivity index is 2.10. The standard InChI is InChI=1S/C15H17NO/c1-12-7-3-6-10-15(12)17-11-13-8-4-5-9-14(13)16-2/h3-10,16H,11H2,1-2H3. The fourth-order valence-corrected chi connectivity index (χ4v) is 1.76. The largest absolute Gasteiger partial charge is 0.489 e. The van der Waals surface area contributed by atoms with Crippen LogP contribution >= 0.6 is 0 Å². The fourth-order valence-electron chi connectivity index (χ4n) is 1.76. The number of anilines is 1. The van der Waals surface area contributed by atoms with Gasteiger partial charge in [-0.05, 0) is 24.6 Å². The lowest BCUT2D eigenvalue weighted by Gasteiger charge is -2.12. The van der Waals surface area contributed by atoms with E-state index in [2.05, 4.69) is 30.4 Å². The van der Waals surface area contributed by atoms with Gasteiger partial charge < -0.3 is 10.1 Å². The second-order valence-corrected chi connectivity index (χ2v) is 3.96. The number of ether oxygens (including phenoxy) is 1. The third kappa shape index (κ3) is 2.78. The van der Waals surface area contributed by atoms with Gasteiger partial charge in [0.15, 0.2) is 0 Å². The van der Waals surface area contributed by atoms with Crippen LogP contribution in [0.25, 0.3) is 0 Å². The first-order valence-corrected chi connectivity index (χ1v) is 5.75. The van der Waals surface area contributed by atoms with Crippen LogP contribution < -0.4 is 10.1 Å². The molecule has 1 N–H and O–H groups in total. The molecule has 0 saturated heterocycles. The Kier molecular flexibility index (Phi) is 3.66. The summed E-state index contributed by atoms with van der Waals surface area (Å²) >= 11 is 0. The maximum absolute atomic E-state index is 5.83. The zero-order valence-electron chi connectivity index (χ0n) is 10.2. The minimum absolute atomic E-state index is 0.585. The van der Waals surface area contributed by atoms with E-state index in [4.69, 9.17) is 4.74 Å². The van der Waals surface area contributed by atoms with E-state index in [9.17, 15) is 0 Å². The summed E-state index contributed by atoms with van der Waals surface area (Å²) in [5.41, 5.74) is 3.44. The maximum Gasteiger partial charge on any atom is 0.122 e. The molecule has 0 amide bonds. The van der Waals surface area contributed by atoms with Crippen molar-refractivity contribution in [2.24, 2.45) is 0 Å². The van der Waals surface area contributed by atoms with Crippen molar-refractivity contribution in [3.63, 3.8) is 0 Å². The third-order valence-electron chi connectivity index (χ3n) is 2.76. The highest BCUT2D eigenvalue weighted by atomic mass is 16.5. The van der Waals surface area contributed by atoms with E-state index in [1.165, 1.54) is 5.56 Å². The Bertz CT molecular complexity index is 494. The van der Waals surface area contributed by atoms with Crippen molar-refractivity contribution >= 4 is 5.69 Å². The molecule has 0 aromatic heterocycles. The zero-order chi connectivity index (χ0) is 12.1. The molecule has 0 aliphatic rings.